The van der Waals surface area contributed by atoms with E-state index >= 15 is 0 Å². The van der Waals surface area contributed by atoms with Crippen molar-refractivity contribution in [3.05, 3.63) is 0 Å². The molecule has 1 radical (unpaired) electrons. The monoisotopic (exact) mass is 116 g/mol. The van der Waals surface area contributed by atoms with E-state index < -0.39 is 6.23 Å². The Morgan fingerprint density at radius 2 is 2.25 bits per heavy atom. The zero-order valence-electron chi connectivity index (χ0n) is 5.10. The van der Waals surface area contributed by atoms with Crippen LogP contribution in [0.5, 0.6) is 0 Å². The Hall–Kier alpha value is -0.570. The molecule has 0 aliphatic rings. The average Bonchev–Trinajstić information content (AvgIpc) is 1.65. The maximum absolute atomic E-state index is 10.4. The van der Waals surface area contributed by atoms with Crippen LogP contribution in [0.4, 0.5) is 0 Å². The number of nitrogens with one attached hydrogen (secondary N) is 1. The molecule has 3 nitrogen and oxygen atoms in total. The van der Waals surface area contributed by atoms with E-state index in [1.807, 2.05) is 0 Å². The van der Waals surface area contributed by atoms with Crippen LogP contribution in [0.15, 0.2) is 0 Å². The zero-order chi connectivity index (χ0) is 6.57. The second-order valence-corrected chi connectivity index (χ2v) is 1.60. The van der Waals surface area contributed by atoms with Gasteiger partial charge in [-0.15, -0.1) is 0 Å². The standard InChI is InChI=1S/C5H10NO2/c1-3-5(8)6-4(2)7/h5H,3H2,1-2H3,(H,6,7). The van der Waals surface area contributed by atoms with Crippen molar-refractivity contribution >= 4 is 5.91 Å². The first-order valence-corrected chi connectivity index (χ1v) is 2.59. The average molecular weight is 116 g/mol. The molecule has 47 valence electrons. The Kier molecular flexibility index (Phi) is 3.19. The highest BCUT2D eigenvalue weighted by molar-refractivity contribution is 5.72. The fourth-order valence-electron chi connectivity index (χ4n) is 0.329. The van der Waals surface area contributed by atoms with Gasteiger partial charge in [0, 0.05) is 6.92 Å². The Morgan fingerprint density at radius 1 is 1.75 bits per heavy atom. The molecule has 0 rings (SSSR count). The molecule has 0 aliphatic heterocycles. The molecule has 1 amide bonds. The Labute approximate surface area is 48.7 Å². The molecule has 0 heterocycles. The molecule has 0 aromatic carbocycles. The van der Waals surface area contributed by atoms with Crippen LogP contribution in [-0.2, 0) is 9.90 Å². The minimum Gasteiger partial charge on any atom is -0.328 e. The van der Waals surface area contributed by atoms with Crippen LogP contribution >= 0.6 is 0 Å². The van der Waals surface area contributed by atoms with Gasteiger partial charge in [0.1, 0.15) is 0 Å². The minimum atomic E-state index is -0.924. The summed E-state index contributed by atoms with van der Waals surface area (Å²) in [6.45, 7) is 3.06. The first-order valence-electron chi connectivity index (χ1n) is 2.59. The quantitative estimate of drug-likeness (QED) is 0.518. The summed E-state index contributed by atoms with van der Waals surface area (Å²) >= 11 is 0. The van der Waals surface area contributed by atoms with E-state index in [1.165, 1.54) is 6.92 Å². The highest BCUT2D eigenvalue weighted by Crippen LogP contribution is 1.82. The normalized spacial score (nSPS) is 12.9. The van der Waals surface area contributed by atoms with Crippen LogP contribution in [0.2, 0.25) is 0 Å². The minimum absolute atomic E-state index is 0.258. The van der Waals surface area contributed by atoms with Crippen molar-refractivity contribution in [3.8, 4) is 0 Å². The molecule has 0 bridgehead atoms. The number of hydrogen-bond donors (Lipinski definition) is 1. The summed E-state index contributed by atoms with van der Waals surface area (Å²) in [5, 5.41) is 12.6. The van der Waals surface area contributed by atoms with Gasteiger partial charge in [-0.05, 0) is 6.42 Å². The van der Waals surface area contributed by atoms with Crippen LogP contribution in [0.3, 0.4) is 0 Å². The molecule has 1 unspecified atom stereocenters. The fraction of sp³-hybridized carbons (Fsp3) is 0.800. The topological polar surface area (TPSA) is 49.0 Å². The van der Waals surface area contributed by atoms with Gasteiger partial charge in [0.25, 0.3) is 0 Å². The van der Waals surface area contributed by atoms with Gasteiger partial charge in [-0.25, -0.2) is 5.11 Å². The van der Waals surface area contributed by atoms with E-state index in [4.69, 9.17) is 0 Å². The molecule has 0 aromatic rings. The number of rotatable bonds is 2. The third-order valence-corrected chi connectivity index (χ3v) is 0.735. The molecule has 0 saturated carbocycles. The molecule has 0 aromatic heterocycles. The maximum atomic E-state index is 10.4. The molecule has 3 heteroatoms. The van der Waals surface area contributed by atoms with Gasteiger partial charge in [-0.2, -0.15) is 0 Å². The van der Waals surface area contributed by atoms with E-state index in [-0.39, 0.29) is 5.91 Å². The van der Waals surface area contributed by atoms with E-state index in [2.05, 4.69) is 5.32 Å². The van der Waals surface area contributed by atoms with Crippen LogP contribution in [0.25, 0.3) is 0 Å². The number of hydrogen-bond acceptors (Lipinski definition) is 1. The lowest BCUT2D eigenvalue weighted by atomic mass is 10.4. The molecule has 0 spiro atoms. The lowest BCUT2D eigenvalue weighted by Crippen LogP contribution is -2.30. The van der Waals surface area contributed by atoms with Crippen molar-refractivity contribution in [3.63, 3.8) is 0 Å². The van der Waals surface area contributed by atoms with E-state index in [0.717, 1.165) is 0 Å². The summed E-state index contributed by atoms with van der Waals surface area (Å²) in [4.78, 5) is 10.1. The predicted octanol–water partition coefficient (Wildman–Crippen LogP) is 0.289. The fourth-order valence-corrected chi connectivity index (χ4v) is 0.329. The summed E-state index contributed by atoms with van der Waals surface area (Å²) in [7, 11) is 0. The van der Waals surface area contributed by atoms with Gasteiger partial charge < -0.3 is 5.32 Å². The van der Waals surface area contributed by atoms with Gasteiger partial charge in [-0.3, -0.25) is 4.79 Å². The largest absolute Gasteiger partial charge is 0.328 e. The SMILES string of the molecule is CCC([O])NC(C)=O. The predicted molar refractivity (Wildman–Crippen MR) is 28.6 cm³/mol. The molecule has 8 heavy (non-hydrogen) atoms. The van der Waals surface area contributed by atoms with Gasteiger partial charge in [0.15, 0.2) is 6.23 Å². The van der Waals surface area contributed by atoms with Crippen LogP contribution in [0, 0.1) is 0 Å². The third kappa shape index (κ3) is 3.61. The van der Waals surface area contributed by atoms with Crippen LogP contribution < -0.4 is 5.32 Å². The zero-order valence-corrected chi connectivity index (χ0v) is 5.10. The van der Waals surface area contributed by atoms with Gasteiger partial charge >= 0.3 is 0 Å². The van der Waals surface area contributed by atoms with E-state index in [9.17, 15) is 9.90 Å². The Balaban J connectivity index is 3.24. The molecule has 0 aliphatic carbocycles. The molecule has 1 atom stereocenters. The maximum Gasteiger partial charge on any atom is 0.218 e. The molecular formula is C5H10NO2. The second-order valence-electron chi connectivity index (χ2n) is 1.60. The van der Waals surface area contributed by atoms with Crippen molar-refractivity contribution in [1.82, 2.24) is 5.32 Å². The van der Waals surface area contributed by atoms with E-state index in [0.29, 0.717) is 6.42 Å². The van der Waals surface area contributed by atoms with Crippen LogP contribution in [0.1, 0.15) is 20.3 Å². The lowest BCUT2D eigenvalue weighted by Gasteiger charge is -2.03. The first-order chi connectivity index (χ1) is 3.66. The van der Waals surface area contributed by atoms with Gasteiger partial charge in [0.2, 0.25) is 5.91 Å². The van der Waals surface area contributed by atoms with Crippen molar-refractivity contribution in [2.45, 2.75) is 26.5 Å². The molecule has 0 fully saturated rings. The summed E-state index contributed by atoms with van der Waals surface area (Å²) in [5.74, 6) is -0.258. The lowest BCUT2D eigenvalue weighted by molar-refractivity contribution is -0.123. The molecule has 0 saturated heterocycles. The second kappa shape index (κ2) is 3.43. The number of amides is 1. The summed E-state index contributed by atoms with van der Waals surface area (Å²) in [5.41, 5.74) is 0. The van der Waals surface area contributed by atoms with E-state index in [1.54, 1.807) is 6.92 Å². The van der Waals surface area contributed by atoms with Gasteiger partial charge in [0.05, 0.1) is 0 Å². The number of carbonyl (C=O) groups is 1. The molecular weight excluding hydrogens is 106 g/mol. The van der Waals surface area contributed by atoms with Crippen molar-refractivity contribution in [2.75, 3.05) is 0 Å². The first kappa shape index (κ1) is 7.43. The van der Waals surface area contributed by atoms with Crippen molar-refractivity contribution in [2.24, 2.45) is 0 Å². The number of carbonyl (C=O) groups excluding carboxylic acids is 1. The third-order valence-electron chi connectivity index (χ3n) is 0.735. The van der Waals surface area contributed by atoms with Crippen molar-refractivity contribution < 1.29 is 9.90 Å². The van der Waals surface area contributed by atoms with Gasteiger partial charge in [-0.1, -0.05) is 6.92 Å². The summed E-state index contributed by atoms with van der Waals surface area (Å²) in [6, 6.07) is 0. The highest BCUT2D eigenvalue weighted by atomic mass is 16.3. The summed E-state index contributed by atoms with van der Waals surface area (Å²) < 4.78 is 0. The molecule has 1 N–H and O–H groups in total. The Bertz CT molecular complexity index is 82.5. The van der Waals surface area contributed by atoms with Crippen LogP contribution in [-0.4, -0.2) is 12.1 Å². The van der Waals surface area contributed by atoms with Crippen molar-refractivity contribution in [1.29, 1.82) is 0 Å². The Morgan fingerprint density at radius 3 is 2.38 bits per heavy atom. The highest BCUT2D eigenvalue weighted by Gasteiger charge is 2.00. The smallest absolute Gasteiger partial charge is 0.218 e. The summed E-state index contributed by atoms with van der Waals surface area (Å²) in [6.07, 6.45) is -0.480.